The third-order valence-electron chi connectivity index (χ3n) is 2.37. The van der Waals surface area contributed by atoms with E-state index in [-0.39, 0.29) is 11.5 Å². The molecular weight excluding hydrogens is 250 g/mol. The van der Waals surface area contributed by atoms with Crippen LogP contribution in [0.2, 0.25) is 0 Å². The fraction of sp³-hybridized carbons (Fsp3) is 0.417. The number of carbonyl (C=O) groups is 2. The van der Waals surface area contributed by atoms with Gasteiger partial charge in [0.15, 0.2) is 0 Å². The molecule has 0 fully saturated rings. The third kappa shape index (κ3) is 4.92. The molecule has 0 spiro atoms. The maximum absolute atomic E-state index is 11.7. The van der Waals surface area contributed by atoms with E-state index in [0.29, 0.717) is 19.0 Å². The lowest BCUT2D eigenvalue weighted by atomic mass is 10.2. The number of hydrogen-bond donors (Lipinski definition) is 3. The molecule has 1 rings (SSSR count). The summed E-state index contributed by atoms with van der Waals surface area (Å²) in [5, 5.41) is 14.4. The second kappa shape index (κ2) is 7.32. The van der Waals surface area contributed by atoms with Crippen LogP contribution in [0.3, 0.4) is 0 Å². The smallest absolute Gasteiger partial charge is 0.335 e. The van der Waals surface area contributed by atoms with Gasteiger partial charge in [-0.25, -0.2) is 9.78 Å². The van der Waals surface area contributed by atoms with E-state index >= 15 is 0 Å². The minimum atomic E-state index is -1.04. The van der Waals surface area contributed by atoms with Gasteiger partial charge in [0, 0.05) is 19.9 Å². The Morgan fingerprint density at radius 1 is 1.53 bits per heavy atom. The third-order valence-corrected chi connectivity index (χ3v) is 2.37. The minimum Gasteiger partial charge on any atom is -0.478 e. The molecule has 1 aromatic rings. The summed E-state index contributed by atoms with van der Waals surface area (Å²) in [4.78, 5) is 26.4. The Morgan fingerprint density at radius 2 is 2.26 bits per heavy atom. The van der Waals surface area contributed by atoms with E-state index in [1.807, 2.05) is 0 Å². The molecule has 0 aromatic carbocycles. The summed E-state index contributed by atoms with van der Waals surface area (Å²) in [7, 11) is 1.55. The molecule has 1 atom stereocenters. The number of pyridine rings is 1. The molecule has 1 unspecified atom stereocenters. The molecule has 0 saturated heterocycles. The fourth-order valence-corrected chi connectivity index (χ4v) is 1.36. The number of rotatable bonds is 7. The Labute approximate surface area is 111 Å². The predicted octanol–water partition coefficient (Wildman–Crippen LogP) is 0.343. The van der Waals surface area contributed by atoms with Gasteiger partial charge in [0.05, 0.1) is 12.2 Å². The Hall–Kier alpha value is -2.15. The molecule has 7 nitrogen and oxygen atoms in total. The normalized spacial score (nSPS) is 11.7. The summed E-state index contributed by atoms with van der Waals surface area (Å²) < 4.78 is 4.82. The number of anilines is 1. The van der Waals surface area contributed by atoms with Gasteiger partial charge in [-0.1, -0.05) is 0 Å². The maximum Gasteiger partial charge on any atom is 0.335 e. The van der Waals surface area contributed by atoms with Crippen LogP contribution in [0.1, 0.15) is 17.3 Å². The highest BCUT2D eigenvalue weighted by molar-refractivity contribution is 5.89. The molecule has 0 saturated carbocycles. The molecule has 1 heterocycles. The van der Waals surface area contributed by atoms with Gasteiger partial charge in [-0.2, -0.15) is 0 Å². The van der Waals surface area contributed by atoms with Gasteiger partial charge >= 0.3 is 5.97 Å². The van der Waals surface area contributed by atoms with Crippen LogP contribution in [0.15, 0.2) is 18.3 Å². The van der Waals surface area contributed by atoms with Crippen molar-refractivity contribution < 1.29 is 19.4 Å². The van der Waals surface area contributed by atoms with E-state index in [4.69, 9.17) is 9.84 Å². The van der Waals surface area contributed by atoms with Gasteiger partial charge in [-0.15, -0.1) is 0 Å². The molecule has 19 heavy (non-hydrogen) atoms. The quantitative estimate of drug-likeness (QED) is 0.616. The summed E-state index contributed by atoms with van der Waals surface area (Å²) in [6.07, 6.45) is 1.38. The molecule has 1 aromatic heterocycles. The molecule has 0 bridgehead atoms. The number of carboxylic acids is 1. The van der Waals surface area contributed by atoms with Crippen LogP contribution >= 0.6 is 0 Å². The zero-order chi connectivity index (χ0) is 14.3. The van der Waals surface area contributed by atoms with Crippen molar-refractivity contribution in [3.63, 3.8) is 0 Å². The lowest BCUT2D eigenvalue weighted by molar-refractivity contribution is -0.121. The van der Waals surface area contributed by atoms with Gasteiger partial charge in [-0.3, -0.25) is 4.79 Å². The highest BCUT2D eigenvalue weighted by atomic mass is 16.5. The van der Waals surface area contributed by atoms with Gasteiger partial charge in [0.2, 0.25) is 5.91 Å². The lowest BCUT2D eigenvalue weighted by Crippen LogP contribution is -2.39. The minimum absolute atomic E-state index is 0.115. The first-order chi connectivity index (χ1) is 9.04. The lowest BCUT2D eigenvalue weighted by Gasteiger charge is -2.14. The Kier molecular flexibility index (Phi) is 5.74. The SMILES string of the molecule is COCCNC(=O)C(C)Nc1cc(C(=O)O)ccn1. The van der Waals surface area contributed by atoms with E-state index in [1.165, 1.54) is 18.3 Å². The first-order valence-corrected chi connectivity index (χ1v) is 5.77. The summed E-state index contributed by atoms with van der Waals surface area (Å²) in [6.45, 7) is 2.52. The Bertz CT molecular complexity index is 450. The molecule has 0 radical (unpaired) electrons. The second-order valence-corrected chi connectivity index (χ2v) is 3.88. The Balaban J connectivity index is 2.56. The number of carbonyl (C=O) groups excluding carboxylic acids is 1. The Morgan fingerprint density at radius 3 is 2.89 bits per heavy atom. The summed E-state index contributed by atoms with van der Waals surface area (Å²) in [5.41, 5.74) is 0.115. The standard InChI is InChI=1S/C12H17N3O4/c1-8(11(16)14-5-6-19-2)15-10-7-9(12(17)18)3-4-13-10/h3-4,7-8H,5-6H2,1-2H3,(H,13,15)(H,14,16)(H,17,18). The number of amides is 1. The molecule has 0 aliphatic rings. The highest BCUT2D eigenvalue weighted by Crippen LogP contribution is 2.08. The van der Waals surface area contributed by atoms with E-state index in [9.17, 15) is 9.59 Å². The fourth-order valence-electron chi connectivity index (χ4n) is 1.36. The van der Waals surface area contributed by atoms with Crippen LogP contribution in [0.4, 0.5) is 5.82 Å². The summed E-state index contributed by atoms with van der Waals surface area (Å²) in [5.74, 6) is -0.906. The molecular formula is C12H17N3O4. The largest absolute Gasteiger partial charge is 0.478 e. The van der Waals surface area contributed by atoms with Crippen LogP contribution < -0.4 is 10.6 Å². The molecule has 104 valence electrons. The molecule has 3 N–H and O–H groups in total. The molecule has 1 amide bonds. The van der Waals surface area contributed by atoms with Crippen molar-refractivity contribution in [2.75, 3.05) is 25.6 Å². The first-order valence-electron chi connectivity index (χ1n) is 5.77. The molecule has 0 aliphatic heterocycles. The topological polar surface area (TPSA) is 101 Å². The van der Waals surface area contributed by atoms with Crippen molar-refractivity contribution in [3.8, 4) is 0 Å². The number of aromatic carboxylic acids is 1. The van der Waals surface area contributed by atoms with Crippen molar-refractivity contribution >= 4 is 17.7 Å². The average molecular weight is 267 g/mol. The van der Waals surface area contributed by atoms with Crippen LogP contribution in [-0.4, -0.2) is 48.3 Å². The first kappa shape index (κ1) is 14.9. The number of ether oxygens (including phenoxy) is 1. The zero-order valence-electron chi connectivity index (χ0n) is 10.8. The number of carboxylic acid groups (broad SMARTS) is 1. The average Bonchev–Trinajstić information content (AvgIpc) is 2.39. The van der Waals surface area contributed by atoms with Gasteiger partial charge in [0.25, 0.3) is 0 Å². The number of nitrogens with zero attached hydrogens (tertiary/aromatic N) is 1. The van der Waals surface area contributed by atoms with Crippen LogP contribution in [-0.2, 0) is 9.53 Å². The molecule has 0 aliphatic carbocycles. The van der Waals surface area contributed by atoms with Gasteiger partial charge in [0.1, 0.15) is 11.9 Å². The number of methoxy groups -OCH3 is 1. The van der Waals surface area contributed by atoms with Crippen molar-refractivity contribution in [3.05, 3.63) is 23.9 Å². The van der Waals surface area contributed by atoms with E-state index in [2.05, 4.69) is 15.6 Å². The van der Waals surface area contributed by atoms with Crippen LogP contribution in [0, 0.1) is 0 Å². The molecule has 7 heteroatoms. The van der Waals surface area contributed by atoms with Gasteiger partial charge < -0.3 is 20.5 Å². The number of hydrogen-bond acceptors (Lipinski definition) is 5. The van der Waals surface area contributed by atoms with Crippen molar-refractivity contribution in [1.82, 2.24) is 10.3 Å². The highest BCUT2D eigenvalue weighted by Gasteiger charge is 2.13. The summed E-state index contributed by atoms with van der Waals surface area (Å²) in [6, 6.07) is 2.24. The van der Waals surface area contributed by atoms with Crippen LogP contribution in [0.25, 0.3) is 0 Å². The monoisotopic (exact) mass is 267 g/mol. The van der Waals surface area contributed by atoms with E-state index < -0.39 is 12.0 Å². The van der Waals surface area contributed by atoms with Crippen LogP contribution in [0.5, 0.6) is 0 Å². The number of nitrogens with one attached hydrogen (secondary N) is 2. The zero-order valence-corrected chi connectivity index (χ0v) is 10.8. The number of aromatic nitrogens is 1. The van der Waals surface area contributed by atoms with Crippen molar-refractivity contribution in [1.29, 1.82) is 0 Å². The summed E-state index contributed by atoms with van der Waals surface area (Å²) >= 11 is 0. The van der Waals surface area contributed by atoms with Crippen molar-refractivity contribution in [2.45, 2.75) is 13.0 Å². The van der Waals surface area contributed by atoms with Gasteiger partial charge in [-0.05, 0) is 19.1 Å². The van der Waals surface area contributed by atoms with E-state index in [0.717, 1.165) is 0 Å². The van der Waals surface area contributed by atoms with Crippen molar-refractivity contribution in [2.24, 2.45) is 0 Å². The second-order valence-electron chi connectivity index (χ2n) is 3.88. The van der Waals surface area contributed by atoms with E-state index in [1.54, 1.807) is 14.0 Å². The predicted molar refractivity (Wildman–Crippen MR) is 69.2 cm³/mol. The maximum atomic E-state index is 11.7.